The maximum atomic E-state index is 16.5. The van der Waals surface area contributed by atoms with Crippen molar-refractivity contribution >= 4 is 17.9 Å². The molecule has 1 aliphatic rings. The predicted molar refractivity (Wildman–Crippen MR) is 209 cm³/mol. The summed E-state index contributed by atoms with van der Waals surface area (Å²) in [5, 5.41) is 25.3. The summed E-state index contributed by atoms with van der Waals surface area (Å²) in [6, 6.07) is 18.2. The highest BCUT2D eigenvalue weighted by Gasteiger charge is 2.31. The van der Waals surface area contributed by atoms with E-state index >= 15 is 4.39 Å². The van der Waals surface area contributed by atoms with Crippen LogP contribution in [0.25, 0.3) is 5.95 Å². The van der Waals surface area contributed by atoms with Gasteiger partial charge in [-0.3, -0.25) is 10.2 Å². The number of nitrogens with one attached hydrogen (secondary N) is 2. The molecule has 6 rings (SSSR count). The molecule has 5 aromatic rings. The number of carbonyl (C=O) groups is 2. The zero-order valence-electron chi connectivity index (χ0n) is 32.7. The molecule has 1 amide bonds. The van der Waals surface area contributed by atoms with Gasteiger partial charge in [0.2, 0.25) is 6.29 Å². The molecule has 4 atom stereocenters. The van der Waals surface area contributed by atoms with Gasteiger partial charge >= 0.3 is 12.2 Å². The van der Waals surface area contributed by atoms with E-state index in [2.05, 4.69) is 20.3 Å². The van der Waals surface area contributed by atoms with Crippen LogP contribution in [0.5, 0.6) is 17.5 Å². The smallest absolute Gasteiger partial charge is 0.497 e. The number of hydrogen-bond acceptors (Lipinski definition) is 13. The minimum absolute atomic E-state index is 0.0782. The molecule has 0 saturated heterocycles. The minimum atomic E-state index is -1.19. The Labute approximate surface area is 335 Å². The van der Waals surface area contributed by atoms with Crippen LogP contribution in [-0.4, -0.2) is 80.5 Å². The summed E-state index contributed by atoms with van der Waals surface area (Å²) in [6.07, 6.45) is 4.53. The first-order valence-electron chi connectivity index (χ1n) is 19.0. The molecule has 0 bridgehead atoms. The molecule has 58 heavy (non-hydrogen) atoms. The first-order chi connectivity index (χ1) is 28.0. The molecule has 1 fully saturated rings. The lowest BCUT2D eigenvalue weighted by molar-refractivity contribution is -0.0790. The second-order valence-electron chi connectivity index (χ2n) is 13.9. The molecule has 3 N–H and O–H groups in total. The number of hydrogen-bond donors (Lipinski definition) is 3. The van der Waals surface area contributed by atoms with E-state index < -0.39 is 30.1 Å². The van der Waals surface area contributed by atoms with Crippen LogP contribution in [0.2, 0.25) is 0 Å². The number of amides is 1. The van der Waals surface area contributed by atoms with Crippen molar-refractivity contribution in [2.45, 2.75) is 71.2 Å². The lowest BCUT2D eigenvalue weighted by atomic mass is 9.88. The highest BCUT2D eigenvalue weighted by Crippen LogP contribution is 2.37. The number of carbonyl (C=O) groups excluding carboxylic acids is 2. The largest absolute Gasteiger partial charge is 0.511 e. The van der Waals surface area contributed by atoms with Gasteiger partial charge in [0.15, 0.2) is 17.4 Å². The number of amidine groups is 1. The number of aliphatic hydroxyl groups is 1. The SMILES string of the molecule is COc1cc(OCCO)c(F)c([C@@H](Cc2ccc(C(=N)NC(=O)c3ccc(C)cc3)cc2)c2nc(OC(C)OC(=O)O[C@@H]3CCCC[C@H]3C)n(-c3ncccn3)n2)c1. The van der Waals surface area contributed by atoms with Gasteiger partial charge in [0.1, 0.15) is 24.3 Å². The number of methoxy groups -OCH3 is 1. The zero-order valence-corrected chi connectivity index (χ0v) is 32.7. The maximum absolute atomic E-state index is 16.5. The molecule has 2 heterocycles. The molecule has 1 saturated carbocycles. The van der Waals surface area contributed by atoms with Gasteiger partial charge in [-0.05, 0) is 68.4 Å². The van der Waals surface area contributed by atoms with Gasteiger partial charge in [-0.25, -0.2) is 19.2 Å². The second-order valence-corrected chi connectivity index (χ2v) is 13.9. The Morgan fingerprint density at radius 2 is 1.74 bits per heavy atom. The number of rotatable bonds is 15. The quantitative estimate of drug-likeness (QED) is 0.0453. The van der Waals surface area contributed by atoms with E-state index in [0.29, 0.717) is 16.7 Å². The Morgan fingerprint density at radius 1 is 1.03 bits per heavy atom. The van der Waals surface area contributed by atoms with Crippen molar-refractivity contribution < 1.29 is 42.8 Å². The molecule has 16 heteroatoms. The summed E-state index contributed by atoms with van der Waals surface area (Å²) in [6.45, 7) is 4.94. The average Bonchev–Trinajstić information content (AvgIpc) is 3.64. The highest BCUT2D eigenvalue weighted by molar-refractivity contribution is 6.11. The van der Waals surface area contributed by atoms with Crippen LogP contribution in [0.3, 0.4) is 0 Å². The third-order valence-electron chi connectivity index (χ3n) is 9.70. The Morgan fingerprint density at radius 3 is 2.43 bits per heavy atom. The van der Waals surface area contributed by atoms with Crippen molar-refractivity contribution in [1.29, 1.82) is 5.41 Å². The monoisotopic (exact) mass is 795 g/mol. The normalized spacial score (nSPS) is 16.1. The van der Waals surface area contributed by atoms with Gasteiger partial charge in [0, 0.05) is 42.1 Å². The molecule has 304 valence electrons. The Kier molecular flexibility index (Phi) is 13.6. The fourth-order valence-corrected chi connectivity index (χ4v) is 6.56. The summed E-state index contributed by atoms with van der Waals surface area (Å²) >= 11 is 0. The maximum Gasteiger partial charge on any atom is 0.511 e. The van der Waals surface area contributed by atoms with Crippen molar-refractivity contribution in [2.24, 2.45) is 5.92 Å². The van der Waals surface area contributed by atoms with Crippen molar-refractivity contribution in [3.05, 3.63) is 119 Å². The molecular formula is C42H46FN7O8. The van der Waals surface area contributed by atoms with Gasteiger partial charge in [-0.15, -0.1) is 9.78 Å². The van der Waals surface area contributed by atoms with Crippen molar-refractivity contribution in [3.63, 3.8) is 0 Å². The van der Waals surface area contributed by atoms with E-state index in [0.717, 1.165) is 31.2 Å². The number of nitrogens with zero attached hydrogens (tertiary/aromatic N) is 5. The number of aryl methyl sites for hydroxylation is 1. The number of ether oxygens (including phenoxy) is 5. The van der Waals surface area contributed by atoms with E-state index in [-0.39, 0.29) is 72.3 Å². The molecular weight excluding hydrogens is 750 g/mol. The van der Waals surface area contributed by atoms with Crippen LogP contribution in [-0.2, 0) is 15.9 Å². The number of halogens is 1. The van der Waals surface area contributed by atoms with E-state index in [4.69, 9.17) is 34.2 Å². The standard InChI is InChI=1S/C42H46FN7O8/c1-25-10-14-30(15-11-25)39(52)47-37(44)29-16-12-28(13-17-29)22-33(32-23-31(54-4)24-35(36(32)43)55-21-20-51)38-48-41(50(49-38)40-45-18-7-19-46-40)56-27(3)57-42(53)58-34-9-6-5-8-26(34)2/h7,10-19,23-24,26-27,33-34,51H,5-6,8-9,20-22H2,1-4H3,(H2,44,47,52)/t26-,27?,33-,34-/m1/s1. The van der Waals surface area contributed by atoms with Crippen LogP contribution in [0.4, 0.5) is 9.18 Å². The summed E-state index contributed by atoms with van der Waals surface area (Å²) in [4.78, 5) is 38.9. The second kappa shape index (κ2) is 19.1. The lowest BCUT2D eigenvalue weighted by Gasteiger charge is -2.28. The Bertz CT molecular complexity index is 2180. The highest BCUT2D eigenvalue weighted by atomic mass is 19.1. The van der Waals surface area contributed by atoms with Crippen molar-refractivity contribution in [3.8, 4) is 23.5 Å². The third kappa shape index (κ3) is 10.3. The van der Waals surface area contributed by atoms with Crippen LogP contribution < -0.4 is 19.5 Å². The van der Waals surface area contributed by atoms with Gasteiger partial charge in [-0.1, -0.05) is 55.3 Å². The zero-order chi connectivity index (χ0) is 41.2. The molecule has 3 aromatic carbocycles. The van der Waals surface area contributed by atoms with Crippen LogP contribution >= 0.6 is 0 Å². The predicted octanol–water partition coefficient (Wildman–Crippen LogP) is 6.47. The minimum Gasteiger partial charge on any atom is -0.497 e. The van der Waals surface area contributed by atoms with Crippen LogP contribution in [0, 0.1) is 24.1 Å². The molecule has 1 unspecified atom stereocenters. The van der Waals surface area contributed by atoms with Gasteiger partial charge in [0.05, 0.1) is 19.6 Å². The fraction of sp³-hybridized carbons (Fsp3) is 0.357. The molecule has 0 aliphatic heterocycles. The first kappa shape index (κ1) is 41.2. The fourth-order valence-electron chi connectivity index (χ4n) is 6.56. The number of aliphatic hydroxyl groups excluding tert-OH is 1. The lowest BCUT2D eigenvalue weighted by Crippen LogP contribution is -2.31. The summed E-state index contributed by atoms with van der Waals surface area (Å²) in [5.74, 6) is -1.70. The number of aromatic nitrogens is 5. The van der Waals surface area contributed by atoms with Crippen molar-refractivity contribution in [1.82, 2.24) is 30.0 Å². The van der Waals surface area contributed by atoms with E-state index in [1.54, 1.807) is 42.5 Å². The third-order valence-corrected chi connectivity index (χ3v) is 9.70. The van der Waals surface area contributed by atoms with E-state index in [9.17, 15) is 14.7 Å². The average molecular weight is 796 g/mol. The first-order valence-corrected chi connectivity index (χ1v) is 19.0. The molecule has 2 aromatic heterocycles. The molecule has 1 aliphatic carbocycles. The summed E-state index contributed by atoms with van der Waals surface area (Å²) in [5.41, 5.74) is 2.66. The van der Waals surface area contributed by atoms with Crippen LogP contribution in [0.1, 0.15) is 83.9 Å². The molecule has 0 radical (unpaired) electrons. The summed E-state index contributed by atoms with van der Waals surface area (Å²) < 4.78 is 45.9. The number of benzene rings is 3. The van der Waals surface area contributed by atoms with Crippen LogP contribution in [0.15, 0.2) is 79.1 Å². The Hall–Kier alpha value is -6.42. The van der Waals surface area contributed by atoms with E-state index in [1.165, 1.54) is 43.2 Å². The summed E-state index contributed by atoms with van der Waals surface area (Å²) in [7, 11) is 1.43. The molecule has 15 nitrogen and oxygen atoms in total. The molecule has 0 spiro atoms. The van der Waals surface area contributed by atoms with Gasteiger partial charge in [-0.2, -0.15) is 4.98 Å². The van der Waals surface area contributed by atoms with Gasteiger partial charge in [0.25, 0.3) is 11.9 Å². The van der Waals surface area contributed by atoms with Gasteiger partial charge < -0.3 is 34.1 Å². The Balaban J connectivity index is 1.32. The topological polar surface area (TPSA) is 193 Å². The van der Waals surface area contributed by atoms with Crippen molar-refractivity contribution in [2.75, 3.05) is 20.3 Å². The van der Waals surface area contributed by atoms with E-state index in [1.807, 2.05) is 26.0 Å².